The molecule has 2 aromatic rings. The fourth-order valence-electron chi connectivity index (χ4n) is 2.52. The Hall–Kier alpha value is -1.61. The molecule has 0 aliphatic rings. The summed E-state index contributed by atoms with van der Waals surface area (Å²) in [6.07, 6.45) is 2.10. The van der Waals surface area contributed by atoms with Gasteiger partial charge in [-0.15, -0.1) is 0 Å². The zero-order valence-electron chi connectivity index (χ0n) is 13.0. The highest BCUT2D eigenvalue weighted by Crippen LogP contribution is 2.23. The van der Waals surface area contributed by atoms with Gasteiger partial charge in [-0.25, -0.2) is 0 Å². The molecule has 0 radical (unpaired) electrons. The maximum atomic E-state index is 4.58. The van der Waals surface area contributed by atoms with E-state index in [1.165, 1.54) is 16.8 Å². The van der Waals surface area contributed by atoms with Crippen molar-refractivity contribution in [3.63, 3.8) is 0 Å². The van der Waals surface area contributed by atoms with E-state index in [1.54, 1.807) is 0 Å². The summed E-state index contributed by atoms with van der Waals surface area (Å²) in [7, 11) is 2.03. The van der Waals surface area contributed by atoms with Crippen LogP contribution in [0, 0.1) is 6.92 Å². The molecule has 20 heavy (non-hydrogen) atoms. The van der Waals surface area contributed by atoms with Crippen LogP contribution in [0.2, 0.25) is 0 Å². The summed E-state index contributed by atoms with van der Waals surface area (Å²) in [4.78, 5) is 0. The van der Waals surface area contributed by atoms with Crippen LogP contribution in [0.3, 0.4) is 0 Å². The lowest BCUT2D eigenvalue weighted by Gasteiger charge is -2.19. The normalized spacial score (nSPS) is 12.6. The molecule has 0 amide bonds. The van der Waals surface area contributed by atoms with Crippen molar-refractivity contribution in [2.24, 2.45) is 7.05 Å². The van der Waals surface area contributed by atoms with E-state index in [4.69, 9.17) is 0 Å². The molecule has 1 unspecified atom stereocenters. The highest BCUT2D eigenvalue weighted by molar-refractivity contribution is 5.32. The fraction of sp³-hybridized carbons (Fsp3) is 0.471. The number of benzene rings is 1. The fourth-order valence-corrected chi connectivity index (χ4v) is 2.52. The van der Waals surface area contributed by atoms with E-state index in [-0.39, 0.29) is 6.04 Å². The Balaban J connectivity index is 2.38. The van der Waals surface area contributed by atoms with Gasteiger partial charge in [0.15, 0.2) is 0 Å². The molecule has 1 N–H and O–H groups in total. The summed E-state index contributed by atoms with van der Waals surface area (Å²) in [5.41, 5.74) is 4.99. The van der Waals surface area contributed by atoms with E-state index in [2.05, 4.69) is 61.5 Å². The number of rotatable bonds is 6. The van der Waals surface area contributed by atoms with E-state index >= 15 is 0 Å². The molecule has 1 heterocycles. The Morgan fingerprint density at radius 1 is 1.25 bits per heavy atom. The largest absolute Gasteiger partial charge is 0.305 e. The van der Waals surface area contributed by atoms with Crippen LogP contribution in [-0.4, -0.2) is 16.3 Å². The number of hydrogen-bond donors (Lipinski definition) is 1. The molecular formula is C17H25N3. The minimum absolute atomic E-state index is 0.215. The lowest BCUT2D eigenvalue weighted by molar-refractivity contribution is 0.552. The third kappa shape index (κ3) is 3.28. The third-order valence-corrected chi connectivity index (χ3v) is 3.60. The molecule has 0 saturated heterocycles. The highest BCUT2D eigenvalue weighted by atomic mass is 15.3. The number of nitrogens with one attached hydrogen (secondary N) is 1. The average Bonchev–Trinajstić information content (AvgIpc) is 2.81. The Morgan fingerprint density at radius 2 is 2.05 bits per heavy atom. The van der Waals surface area contributed by atoms with E-state index in [0.717, 1.165) is 25.1 Å². The van der Waals surface area contributed by atoms with Gasteiger partial charge < -0.3 is 5.32 Å². The molecule has 108 valence electrons. The van der Waals surface area contributed by atoms with Gasteiger partial charge in [-0.1, -0.05) is 43.7 Å². The molecule has 1 aromatic heterocycles. The first kappa shape index (κ1) is 14.8. The lowest BCUT2D eigenvalue weighted by Crippen LogP contribution is -2.25. The summed E-state index contributed by atoms with van der Waals surface area (Å²) in [5, 5.41) is 8.23. The summed E-state index contributed by atoms with van der Waals surface area (Å²) >= 11 is 0. The van der Waals surface area contributed by atoms with Crippen molar-refractivity contribution in [1.29, 1.82) is 0 Å². The third-order valence-electron chi connectivity index (χ3n) is 3.60. The standard InChI is InChI=1S/C17H25N3/c1-5-10-18-17(14-9-7-8-13(3)11-14)16-12-15(6-2)19-20(16)4/h7-9,11-12,17-18H,5-6,10H2,1-4H3. The smallest absolute Gasteiger partial charge is 0.0748 e. The molecule has 1 atom stereocenters. The van der Waals surface area contributed by atoms with Crippen LogP contribution in [0.25, 0.3) is 0 Å². The minimum Gasteiger partial charge on any atom is -0.305 e. The maximum absolute atomic E-state index is 4.58. The van der Waals surface area contributed by atoms with Gasteiger partial charge in [0, 0.05) is 7.05 Å². The maximum Gasteiger partial charge on any atom is 0.0748 e. The molecule has 0 fully saturated rings. The van der Waals surface area contributed by atoms with E-state index < -0.39 is 0 Å². The van der Waals surface area contributed by atoms with Crippen LogP contribution in [-0.2, 0) is 13.5 Å². The Morgan fingerprint density at radius 3 is 2.65 bits per heavy atom. The summed E-state index contributed by atoms with van der Waals surface area (Å²) in [5.74, 6) is 0. The van der Waals surface area contributed by atoms with E-state index in [0.29, 0.717) is 0 Å². The van der Waals surface area contributed by atoms with Crippen LogP contribution in [0.1, 0.15) is 48.8 Å². The van der Waals surface area contributed by atoms with Gasteiger partial charge in [-0.2, -0.15) is 5.10 Å². The van der Waals surface area contributed by atoms with Crippen LogP contribution >= 0.6 is 0 Å². The molecule has 2 rings (SSSR count). The van der Waals surface area contributed by atoms with Crippen LogP contribution in [0.5, 0.6) is 0 Å². The molecular weight excluding hydrogens is 246 g/mol. The predicted molar refractivity (Wildman–Crippen MR) is 83.9 cm³/mol. The predicted octanol–water partition coefficient (Wildman–Crippen LogP) is 3.38. The number of aromatic nitrogens is 2. The van der Waals surface area contributed by atoms with Crippen molar-refractivity contribution in [3.8, 4) is 0 Å². The molecule has 0 bridgehead atoms. The van der Waals surface area contributed by atoms with Crippen molar-refractivity contribution in [2.45, 2.75) is 39.7 Å². The second kappa shape index (κ2) is 6.71. The van der Waals surface area contributed by atoms with Gasteiger partial charge in [0.2, 0.25) is 0 Å². The van der Waals surface area contributed by atoms with Crippen molar-refractivity contribution in [2.75, 3.05) is 6.54 Å². The lowest BCUT2D eigenvalue weighted by atomic mass is 10.0. The molecule has 0 saturated carbocycles. The van der Waals surface area contributed by atoms with Crippen molar-refractivity contribution in [1.82, 2.24) is 15.1 Å². The monoisotopic (exact) mass is 271 g/mol. The molecule has 0 aliphatic heterocycles. The van der Waals surface area contributed by atoms with Gasteiger partial charge in [-0.05, 0) is 37.9 Å². The quantitative estimate of drug-likeness (QED) is 0.873. The zero-order chi connectivity index (χ0) is 14.5. The first-order valence-electron chi connectivity index (χ1n) is 7.48. The van der Waals surface area contributed by atoms with Gasteiger partial charge in [0.1, 0.15) is 0 Å². The van der Waals surface area contributed by atoms with Crippen molar-refractivity contribution >= 4 is 0 Å². The van der Waals surface area contributed by atoms with E-state index in [1.807, 2.05) is 11.7 Å². The van der Waals surface area contributed by atoms with Crippen molar-refractivity contribution in [3.05, 3.63) is 52.8 Å². The summed E-state index contributed by atoms with van der Waals surface area (Å²) in [6, 6.07) is 11.1. The van der Waals surface area contributed by atoms with Gasteiger partial charge in [-0.3, -0.25) is 4.68 Å². The molecule has 1 aromatic carbocycles. The summed E-state index contributed by atoms with van der Waals surface area (Å²) < 4.78 is 2.01. The van der Waals surface area contributed by atoms with Gasteiger partial charge >= 0.3 is 0 Å². The molecule has 0 spiro atoms. The number of nitrogens with zero attached hydrogens (tertiary/aromatic N) is 2. The second-order valence-electron chi connectivity index (χ2n) is 5.34. The van der Waals surface area contributed by atoms with Crippen LogP contribution in [0.15, 0.2) is 30.3 Å². The Labute approximate surface area is 122 Å². The Kier molecular flexibility index (Phi) is 4.96. The molecule has 0 aliphatic carbocycles. The highest BCUT2D eigenvalue weighted by Gasteiger charge is 2.18. The number of hydrogen-bond acceptors (Lipinski definition) is 2. The second-order valence-corrected chi connectivity index (χ2v) is 5.34. The topological polar surface area (TPSA) is 29.9 Å². The minimum atomic E-state index is 0.215. The average molecular weight is 271 g/mol. The van der Waals surface area contributed by atoms with Crippen molar-refractivity contribution < 1.29 is 0 Å². The Bertz CT molecular complexity index is 557. The first-order valence-corrected chi connectivity index (χ1v) is 7.48. The molecule has 3 heteroatoms. The number of aryl methyl sites for hydroxylation is 3. The van der Waals surface area contributed by atoms with Gasteiger partial charge in [0.25, 0.3) is 0 Å². The first-order chi connectivity index (χ1) is 9.65. The van der Waals surface area contributed by atoms with Gasteiger partial charge in [0.05, 0.1) is 17.4 Å². The van der Waals surface area contributed by atoms with Crippen LogP contribution < -0.4 is 5.32 Å². The van der Waals surface area contributed by atoms with Crippen LogP contribution in [0.4, 0.5) is 0 Å². The zero-order valence-corrected chi connectivity index (χ0v) is 13.0. The summed E-state index contributed by atoms with van der Waals surface area (Å²) in [6.45, 7) is 7.49. The van der Waals surface area contributed by atoms with E-state index in [9.17, 15) is 0 Å². The molecule has 3 nitrogen and oxygen atoms in total. The SMILES string of the molecule is CCCNC(c1cccc(C)c1)c1cc(CC)nn1C.